The number of terminal acetylenes is 1. The van der Waals surface area contributed by atoms with E-state index in [9.17, 15) is 4.79 Å². The van der Waals surface area contributed by atoms with Crippen LogP contribution in [0, 0.1) is 18.3 Å². The van der Waals surface area contributed by atoms with Crippen LogP contribution in [0.3, 0.4) is 0 Å². The van der Waals surface area contributed by atoms with Gasteiger partial charge < -0.3 is 15.8 Å². The van der Waals surface area contributed by atoms with Gasteiger partial charge in [-0.25, -0.2) is 0 Å². The van der Waals surface area contributed by atoms with Crippen LogP contribution in [0.1, 0.15) is 25.8 Å². The average molecular weight is 274 g/mol. The van der Waals surface area contributed by atoms with Gasteiger partial charge in [0.15, 0.2) is 0 Å². The van der Waals surface area contributed by atoms with E-state index in [4.69, 9.17) is 16.9 Å². The third-order valence-corrected chi connectivity index (χ3v) is 3.29. The van der Waals surface area contributed by atoms with Crippen LogP contribution in [-0.4, -0.2) is 18.6 Å². The molecule has 1 amide bonds. The highest BCUT2D eigenvalue weighted by molar-refractivity contribution is 5.80. The van der Waals surface area contributed by atoms with Crippen molar-refractivity contribution in [2.24, 2.45) is 11.7 Å². The molecule has 0 aromatic heterocycles. The Hall–Kier alpha value is -1.99. The molecule has 0 saturated heterocycles. The molecule has 0 aliphatic rings. The van der Waals surface area contributed by atoms with Gasteiger partial charge in [0.25, 0.3) is 0 Å². The van der Waals surface area contributed by atoms with E-state index < -0.39 is 0 Å². The van der Waals surface area contributed by atoms with Crippen molar-refractivity contribution in [2.75, 3.05) is 6.61 Å². The number of nitrogens with two attached hydrogens (primary N) is 1. The van der Waals surface area contributed by atoms with Gasteiger partial charge in [0.05, 0.1) is 6.04 Å². The monoisotopic (exact) mass is 274 g/mol. The van der Waals surface area contributed by atoms with Crippen LogP contribution >= 0.6 is 0 Å². The highest BCUT2D eigenvalue weighted by Crippen LogP contribution is 2.13. The number of rotatable bonds is 8. The van der Waals surface area contributed by atoms with Crippen molar-refractivity contribution in [3.8, 4) is 18.1 Å². The van der Waals surface area contributed by atoms with Crippen LogP contribution in [0.25, 0.3) is 0 Å². The van der Waals surface area contributed by atoms with Crippen LogP contribution in [0.2, 0.25) is 0 Å². The summed E-state index contributed by atoms with van der Waals surface area (Å²) in [6, 6.07) is 7.28. The van der Waals surface area contributed by atoms with Crippen LogP contribution < -0.4 is 15.8 Å². The molecule has 2 atom stereocenters. The number of carbonyl (C=O) groups excluding carboxylic acids is 1. The Morgan fingerprint density at radius 2 is 2.10 bits per heavy atom. The van der Waals surface area contributed by atoms with Crippen molar-refractivity contribution in [2.45, 2.75) is 32.9 Å². The molecule has 0 fully saturated rings. The van der Waals surface area contributed by atoms with Crippen molar-refractivity contribution in [1.82, 2.24) is 5.32 Å². The molecule has 0 aliphatic carbocycles. The lowest BCUT2D eigenvalue weighted by atomic mass is 9.98. The topological polar surface area (TPSA) is 64.3 Å². The summed E-state index contributed by atoms with van der Waals surface area (Å²) < 4.78 is 5.30. The summed E-state index contributed by atoms with van der Waals surface area (Å²) >= 11 is 0. The van der Waals surface area contributed by atoms with E-state index in [1.165, 1.54) is 0 Å². The summed E-state index contributed by atoms with van der Waals surface area (Å²) in [6.45, 7) is 4.90. The Bertz CT molecular complexity index is 462. The number of carbonyl (C=O) groups is 1. The molecule has 108 valence electrons. The Balaban J connectivity index is 2.56. The van der Waals surface area contributed by atoms with Gasteiger partial charge in [-0.3, -0.25) is 4.79 Å². The third-order valence-electron chi connectivity index (χ3n) is 3.29. The summed E-state index contributed by atoms with van der Waals surface area (Å²) in [5.74, 6) is 3.05. The second kappa shape index (κ2) is 8.23. The summed E-state index contributed by atoms with van der Waals surface area (Å²) in [5, 5.41) is 3.20. The van der Waals surface area contributed by atoms with Gasteiger partial charge in [0.2, 0.25) is 5.91 Å². The Morgan fingerprint density at radius 1 is 1.45 bits per heavy atom. The molecule has 0 spiro atoms. The molecular weight excluding hydrogens is 252 g/mol. The van der Waals surface area contributed by atoms with Crippen LogP contribution in [-0.2, 0) is 11.3 Å². The lowest BCUT2D eigenvalue weighted by molar-refractivity contribution is -0.121. The first-order chi connectivity index (χ1) is 9.58. The molecule has 0 bridgehead atoms. The molecule has 20 heavy (non-hydrogen) atoms. The maximum absolute atomic E-state index is 11.4. The molecule has 4 heteroatoms. The number of primary amides is 1. The zero-order chi connectivity index (χ0) is 15.0. The molecule has 4 nitrogen and oxygen atoms in total. The predicted molar refractivity (Wildman–Crippen MR) is 80.0 cm³/mol. The minimum atomic E-state index is -0.312. The average Bonchev–Trinajstić information content (AvgIpc) is 2.45. The molecule has 1 aromatic rings. The standard InChI is InChI=1S/C16H22N2O2/c1-4-10-20-14-8-6-13(7-9-14)11-18-15(16(17)19)12(3)5-2/h1,6-9,12,15,18H,5,10-11H2,2-3H3,(H2,17,19). The van der Waals surface area contributed by atoms with E-state index in [2.05, 4.69) is 11.2 Å². The SMILES string of the molecule is C#CCOc1ccc(CNC(C(N)=O)C(C)CC)cc1. The largest absolute Gasteiger partial charge is 0.481 e. The third kappa shape index (κ3) is 4.94. The van der Waals surface area contributed by atoms with E-state index in [0.29, 0.717) is 6.54 Å². The highest BCUT2D eigenvalue weighted by atomic mass is 16.5. The summed E-state index contributed by atoms with van der Waals surface area (Å²) in [7, 11) is 0. The summed E-state index contributed by atoms with van der Waals surface area (Å²) in [5.41, 5.74) is 6.48. The second-order valence-electron chi connectivity index (χ2n) is 4.78. The fourth-order valence-corrected chi connectivity index (χ4v) is 1.87. The quantitative estimate of drug-likeness (QED) is 0.709. The first kappa shape index (κ1) is 16.1. The molecule has 3 N–H and O–H groups in total. The number of benzene rings is 1. The normalized spacial score (nSPS) is 13.2. The number of hydrogen-bond acceptors (Lipinski definition) is 3. The fourth-order valence-electron chi connectivity index (χ4n) is 1.87. The number of hydrogen-bond donors (Lipinski definition) is 2. The lowest BCUT2D eigenvalue weighted by Crippen LogP contribution is -2.45. The van der Waals surface area contributed by atoms with Crippen molar-refractivity contribution in [3.05, 3.63) is 29.8 Å². The van der Waals surface area contributed by atoms with E-state index in [-0.39, 0.29) is 24.5 Å². The first-order valence-electron chi connectivity index (χ1n) is 6.76. The van der Waals surface area contributed by atoms with Gasteiger partial charge in [0, 0.05) is 6.54 Å². The number of nitrogens with one attached hydrogen (secondary N) is 1. The van der Waals surface area contributed by atoms with E-state index >= 15 is 0 Å². The number of amides is 1. The molecular formula is C16H22N2O2. The molecule has 0 saturated carbocycles. The Morgan fingerprint density at radius 3 is 2.60 bits per heavy atom. The van der Waals surface area contributed by atoms with Gasteiger partial charge in [-0.1, -0.05) is 38.3 Å². The molecule has 0 heterocycles. The molecule has 1 rings (SSSR count). The van der Waals surface area contributed by atoms with Gasteiger partial charge >= 0.3 is 0 Å². The molecule has 2 unspecified atom stereocenters. The molecule has 1 aromatic carbocycles. The van der Waals surface area contributed by atoms with Crippen LogP contribution in [0.4, 0.5) is 0 Å². The molecule has 0 radical (unpaired) electrons. The zero-order valence-electron chi connectivity index (χ0n) is 12.1. The van der Waals surface area contributed by atoms with Crippen molar-refractivity contribution < 1.29 is 9.53 Å². The van der Waals surface area contributed by atoms with Crippen molar-refractivity contribution in [3.63, 3.8) is 0 Å². The Kier molecular flexibility index (Phi) is 6.61. The smallest absolute Gasteiger partial charge is 0.234 e. The lowest BCUT2D eigenvalue weighted by Gasteiger charge is -2.21. The maximum Gasteiger partial charge on any atom is 0.234 e. The van der Waals surface area contributed by atoms with Crippen LogP contribution in [0.15, 0.2) is 24.3 Å². The van der Waals surface area contributed by atoms with E-state index in [0.717, 1.165) is 17.7 Å². The predicted octanol–water partition coefficient (Wildman–Crippen LogP) is 1.69. The Labute approximate surface area is 120 Å². The van der Waals surface area contributed by atoms with Gasteiger partial charge in [-0.15, -0.1) is 6.42 Å². The summed E-state index contributed by atoms with van der Waals surface area (Å²) in [6.07, 6.45) is 6.03. The van der Waals surface area contributed by atoms with E-state index in [1.807, 2.05) is 38.1 Å². The number of ether oxygens (including phenoxy) is 1. The van der Waals surface area contributed by atoms with Gasteiger partial charge in [-0.2, -0.15) is 0 Å². The fraction of sp³-hybridized carbons (Fsp3) is 0.438. The first-order valence-corrected chi connectivity index (χ1v) is 6.76. The van der Waals surface area contributed by atoms with E-state index in [1.54, 1.807) is 0 Å². The van der Waals surface area contributed by atoms with Crippen molar-refractivity contribution >= 4 is 5.91 Å². The minimum absolute atomic E-state index is 0.214. The minimum Gasteiger partial charge on any atom is -0.481 e. The maximum atomic E-state index is 11.4. The van der Waals surface area contributed by atoms with Gasteiger partial charge in [0.1, 0.15) is 12.4 Å². The summed E-state index contributed by atoms with van der Waals surface area (Å²) in [4.78, 5) is 11.4. The van der Waals surface area contributed by atoms with Gasteiger partial charge in [-0.05, 0) is 23.6 Å². The molecule has 0 aliphatic heterocycles. The zero-order valence-corrected chi connectivity index (χ0v) is 12.1. The van der Waals surface area contributed by atoms with Crippen molar-refractivity contribution in [1.29, 1.82) is 0 Å². The second-order valence-corrected chi connectivity index (χ2v) is 4.78. The highest BCUT2D eigenvalue weighted by Gasteiger charge is 2.20. The van der Waals surface area contributed by atoms with Crippen LogP contribution in [0.5, 0.6) is 5.75 Å².